The van der Waals surface area contributed by atoms with Crippen LogP contribution in [0.15, 0.2) is 144 Å². The zero-order chi connectivity index (χ0) is 48.0. The largest absolute Gasteiger partial charge is 0.461 e. The fraction of sp³-hybridized carbons (Fsp3) is 0.455. The molecule has 5 aromatic rings. The Morgan fingerprint density at radius 2 is 1.23 bits per heavy atom. The summed E-state index contributed by atoms with van der Waals surface area (Å²) in [6.07, 6.45) is 2.41. The minimum Gasteiger partial charge on any atom is -0.461 e. The van der Waals surface area contributed by atoms with Gasteiger partial charge in [0.2, 0.25) is 0 Å². The number of carbonyl (C=O) groups excluding carboxylic acids is 1. The molecule has 9 nitrogen and oxygen atoms in total. The molecule has 0 amide bonds. The maximum atomic E-state index is 12.9. The molecule has 1 aliphatic rings. The van der Waals surface area contributed by atoms with Crippen molar-refractivity contribution in [2.24, 2.45) is 5.41 Å². The van der Waals surface area contributed by atoms with Gasteiger partial charge in [-0.2, -0.15) is 0 Å². The molecular formula is C55H73NO8Si2. The lowest BCUT2D eigenvalue weighted by Gasteiger charge is -2.48. The summed E-state index contributed by atoms with van der Waals surface area (Å²) in [5, 5.41) is 15.9. The second-order valence-corrected chi connectivity index (χ2v) is 30.0. The van der Waals surface area contributed by atoms with Gasteiger partial charge >= 0.3 is 5.97 Å². The van der Waals surface area contributed by atoms with Gasteiger partial charge in [0, 0.05) is 12.8 Å². The lowest BCUT2D eigenvalue weighted by Crippen LogP contribution is -2.68. The van der Waals surface area contributed by atoms with Gasteiger partial charge < -0.3 is 32.6 Å². The third-order valence-corrected chi connectivity index (χ3v) is 22.4. The minimum absolute atomic E-state index is 0.118. The van der Waals surface area contributed by atoms with Gasteiger partial charge in [0.1, 0.15) is 18.6 Å². The summed E-state index contributed by atoms with van der Waals surface area (Å²) in [5.41, 5.74) is 0.879. The predicted molar refractivity (Wildman–Crippen MR) is 268 cm³/mol. The van der Waals surface area contributed by atoms with E-state index >= 15 is 0 Å². The molecule has 1 fully saturated rings. The van der Waals surface area contributed by atoms with Crippen LogP contribution in [0.3, 0.4) is 0 Å². The highest BCUT2D eigenvalue weighted by Gasteiger charge is 2.54. The molecule has 11 heteroatoms. The van der Waals surface area contributed by atoms with Gasteiger partial charge in [-0.15, -0.1) is 0 Å². The second-order valence-electron chi connectivity index (χ2n) is 21.4. The SMILES string of the molecule is C/C(=C\[C@@H](O[Si](c1ccccc1)(c1ccccc1)C(C)(C)C)[C@H]1C[C@@H](CC(O)Cc2nc(CO[Si](c3ccccc3)(c3ccccc3)C(C)(C)C)co2)OC(C)(C)O1)COC(=O)C(C)(C)C. The summed E-state index contributed by atoms with van der Waals surface area (Å²) < 4.78 is 40.1. The molecule has 0 bridgehead atoms. The molecule has 4 aromatic carbocycles. The van der Waals surface area contributed by atoms with Crippen LogP contribution < -0.4 is 20.7 Å². The van der Waals surface area contributed by atoms with Crippen LogP contribution in [-0.4, -0.2) is 69.5 Å². The minimum atomic E-state index is -3.11. The first-order chi connectivity index (χ1) is 31.0. The highest BCUT2D eigenvalue weighted by molar-refractivity contribution is 7.00. The Balaban J connectivity index is 1.25. The predicted octanol–water partition coefficient (Wildman–Crippen LogP) is 9.44. The van der Waals surface area contributed by atoms with Gasteiger partial charge in [0.25, 0.3) is 16.6 Å². The Labute approximate surface area is 396 Å². The molecule has 1 aliphatic heterocycles. The molecule has 1 N–H and O–H groups in total. The van der Waals surface area contributed by atoms with E-state index in [1.807, 2.05) is 65.8 Å². The Bertz CT molecular complexity index is 2250. The zero-order valence-corrected chi connectivity index (χ0v) is 43.3. The van der Waals surface area contributed by atoms with E-state index in [1.165, 1.54) is 10.4 Å². The number of carbonyl (C=O) groups is 1. The Morgan fingerprint density at radius 1 is 0.758 bits per heavy atom. The van der Waals surface area contributed by atoms with E-state index in [0.717, 1.165) is 15.9 Å². The van der Waals surface area contributed by atoms with Crippen molar-refractivity contribution >= 4 is 43.4 Å². The number of hydrogen-bond acceptors (Lipinski definition) is 9. The number of ether oxygens (including phenoxy) is 3. The van der Waals surface area contributed by atoms with Gasteiger partial charge in [0.15, 0.2) is 11.7 Å². The van der Waals surface area contributed by atoms with Crippen molar-refractivity contribution in [2.45, 2.75) is 149 Å². The first-order valence-electron chi connectivity index (χ1n) is 23.4. The number of esters is 1. The molecule has 354 valence electrons. The standard InChI is InChI=1S/C55H73NO8Si2/c1-40(37-60-51(58)52(2,3)4)33-49(64-66(54(8,9)10,46-29-21-15-22-30-46)47-31-23-16-24-32-47)48-36-43(62-55(11,12)63-48)34-42(57)35-50-56-41(38-59-50)39-61-65(53(5,6)7,44-25-17-13-18-26-44)45-27-19-14-20-28-45/h13-33,38,42-43,48-49,57H,34-37,39H2,1-12H3/b40-33+/t42?,43-,48-,49-/m1/s1. The lowest BCUT2D eigenvalue weighted by atomic mass is 9.97. The first kappa shape index (κ1) is 50.9. The monoisotopic (exact) mass is 931 g/mol. The first-order valence-corrected chi connectivity index (χ1v) is 27.2. The topological polar surface area (TPSA) is 109 Å². The Hall–Kier alpha value is -4.47. The number of aromatic nitrogens is 1. The number of aliphatic hydroxyl groups is 1. The van der Waals surface area contributed by atoms with E-state index in [4.69, 9.17) is 32.5 Å². The van der Waals surface area contributed by atoms with Crippen molar-refractivity contribution in [3.05, 3.63) is 151 Å². The smallest absolute Gasteiger partial charge is 0.311 e. The maximum Gasteiger partial charge on any atom is 0.311 e. The molecule has 0 aliphatic carbocycles. The van der Waals surface area contributed by atoms with Crippen LogP contribution in [0.4, 0.5) is 0 Å². The molecule has 1 saturated heterocycles. The Morgan fingerprint density at radius 3 is 1.68 bits per heavy atom. The number of oxazole rings is 1. The third-order valence-electron chi connectivity index (χ3n) is 12.4. The number of hydrogen-bond donors (Lipinski definition) is 1. The van der Waals surface area contributed by atoms with Crippen molar-refractivity contribution < 1.29 is 37.4 Å². The van der Waals surface area contributed by atoms with Crippen molar-refractivity contribution in [1.29, 1.82) is 0 Å². The highest BCUT2D eigenvalue weighted by atomic mass is 28.4. The van der Waals surface area contributed by atoms with E-state index in [2.05, 4.69) is 145 Å². The maximum absolute atomic E-state index is 12.9. The van der Waals surface area contributed by atoms with Crippen LogP contribution in [0.5, 0.6) is 0 Å². The van der Waals surface area contributed by atoms with Gasteiger partial charge in [-0.3, -0.25) is 4.79 Å². The van der Waals surface area contributed by atoms with Crippen molar-refractivity contribution in [3.8, 4) is 0 Å². The summed E-state index contributed by atoms with van der Waals surface area (Å²) in [4.78, 5) is 17.7. The number of benzene rings is 4. The average Bonchev–Trinajstić information content (AvgIpc) is 3.70. The Kier molecular flexibility index (Phi) is 16.1. The van der Waals surface area contributed by atoms with Crippen molar-refractivity contribution in [2.75, 3.05) is 6.61 Å². The van der Waals surface area contributed by atoms with Crippen LogP contribution in [0.2, 0.25) is 10.1 Å². The van der Waals surface area contributed by atoms with E-state index in [0.29, 0.717) is 24.4 Å². The van der Waals surface area contributed by atoms with E-state index in [1.54, 1.807) is 6.26 Å². The quantitative estimate of drug-likeness (QED) is 0.0555. The molecule has 6 rings (SSSR count). The molecule has 1 unspecified atom stereocenters. The van der Waals surface area contributed by atoms with Crippen LogP contribution in [0.25, 0.3) is 0 Å². The van der Waals surface area contributed by atoms with Crippen LogP contribution in [-0.2, 0) is 40.9 Å². The van der Waals surface area contributed by atoms with Gasteiger partial charge in [-0.1, -0.05) is 169 Å². The summed E-state index contributed by atoms with van der Waals surface area (Å²) in [6, 6.07) is 42.1. The van der Waals surface area contributed by atoms with Crippen LogP contribution >= 0.6 is 0 Å². The van der Waals surface area contributed by atoms with Crippen LogP contribution in [0, 0.1) is 5.41 Å². The number of aliphatic hydroxyl groups excluding tert-OH is 1. The molecule has 0 spiro atoms. The molecule has 66 heavy (non-hydrogen) atoms. The van der Waals surface area contributed by atoms with Crippen molar-refractivity contribution in [1.82, 2.24) is 4.98 Å². The van der Waals surface area contributed by atoms with Crippen molar-refractivity contribution in [3.63, 3.8) is 0 Å². The molecule has 4 atom stereocenters. The normalized spacial score (nSPS) is 18.4. The van der Waals surface area contributed by atoms with Gasteiger partial charge in [-0.05, 0) is 77.9 Å². The highest BCUT2D eigenvalue weighted by Crippen LogP contribution is 2.41. The van der Waals surface area contributed by atoms with E-state index in [-0.39, 0.29) is 41.8 Å². The number of nitrogens with zero attached hydrogens (tertiary/aromatic N) is 1. The molecule has 2 heterocycles. The summed E-state index contributed by atoms with van der Waals surface area (Å²) in [6.45, 7) is 25.2. The molecular weight excluding hydrogens is 859 g/mol. The van der Waals surface area contributed by atoms with Gasteiger partial charge in [0.05, 0.1) is 42.9 Å². The third kappa shape index (κ3) is 12.0. The van der Waals surface area contributed by atoms with Crippen LogP contribution in [0.1, 0.15) is 108 Å². The summed E-state index contributed by atoms with van der Waals surface area (Å²) >= 11 is 0. The summed E-state index contributed by atoms with van der Waals surface area (Å²) in [7, 11) is -5.91. The number of rotatable bonds is 17. The fourth-order valence-electron chi connectivity index (χ4n) is 9.37. The van der Waals surface area contributed by atoms with E-state index < -0.39 is 46.1 Å². The molecule has 0 saturated carbocycles. The summed E-state index contributed by atoms with van der Waals surface area (Å²) in [5.74, 6) is -0.848. The lowest BCUT2D eigenvalue weighted by molar-refractivity contribution is -0.311. The second kappa shape index (κ2) is 20.8. The van der Waals surface area contributed by atoms with Gasteiger partial charge in [-0.25, -0.2) is 4.98 Å². The average molecular weight is 932 g/mol. The molecule has 1 aromatic heterocycles. The fourth-order valence-corrected chi connectivity index (χ4v) is 18.5. The van der Waals surface area contributed by atoms with E-state index in [9.17, 15) is 9.90 Å². The molecule has 0 radical (unpaired) electrons. The zero-order valence-electron chi connectivity index (χ0n) is 41.3.